The predicted octanol–water partition coefficient (Wildman–Crippen LogP) is 3.89. The summed E-state index contributed by atoms with van der Waals surface area (Å²) in [7, 11) is 0. The maximum Gasteiger partial charge on any atom is 0.278 e. The number of rotatable bonds is 3. The molecule has 0 saturated carbocycles. The summed E-state index contributed by atoms with van der Waals surface area (Å²) in [5.41, 5.74) is 3.84. The highest BCUT2D eigenvalue weighted by molar-refractivity contribution is 6.37. The fourth-order valence-electron chi connectivity index (χ4n) is 3.70. The lowest BCUT2D eigenvalue weighted by molar-refractivity contribution is -0.138. The number of amides is 2. The molecule has 132 valence electrons. The third-order valence-electron chi connectivity index (χ3n) is 4.90. The van der Waals surface area contributed by atoms with Gasteiger partial charge in [-0.3, -0.25) is 14.5 Å². The minimum absolute atomic E-state index is 0.201. The zero-order valence-electron chi connectivity index (χ0n) is 14.7. The van der Waals surface area contributed by atoms with Crippen molar-refractivity contribution in [2.45, 2.75) is 26.3 Å². The van der Waals surface area contributed by atoms with Crippen LogP contribution in [0.3, 0.4) is 0 Å². The van der Waals surface area contributed by atoms with E-state index in [1.54, 1.807) is 24.3 Å². The predicted molar refractivity (Wildman–Crippen MR) is 103 cm³/mol. The highest BCUT2D eigenvalue weighted by atomic mass is 35.5. The van der Waals surface area contributed by atoms with Crippen LogP contribution in [0, 0.1) is 0 Å². The summed E-state index contributed by atoms with van der Waals surface area (Å²) in [4.78, 5) is 29.6. The summed E-state index contributed by atoms with van der Waals surface area (Å²) in [5.74, 6) is -0.474. The molecular formula is C21H19ClN2O2. The number of imide groups is 1. The first-order chi connectivity index (χ1) is 12.5. The maximum absolute atomic E-state index is 13.2. The van der Waals surface area contributed by atoms with Gasteiger partial charge in [-0.15, -0.1) is 0 Å². The van der Waals surface area contributed by atoms with E-state index in [2.05, 4.69) is 6.07 Å². The van der Waals surface area contributed by atoms with Crippen LogP contribution in [0.5, 0.6) is 0 Å². The van der Waals surface area contributed by atoms with Gasteiger partial charge in [0, 0.05) is 23.3 Å². The van der Waals surface area contributed by atoms with Crippen LogP contribution >= 0.6 is 11.6 Å². The van der Waals surface area contributed by atoms with Gasteiger partial charge in [-0.1, -0.05) is 41.9 Å². The standard InChI is InChI=1S/C21H19ClN2O2/c1-13(2)24-20(25)18(15-7-9-16(22)10-8-15)19(21(24)26)23-12-11-14-5-3-4-6-17(14)23/h3-10,13H,11-12H2,1-2H3. The van der Waals surface area contributed by atoms with Crippen molar-refractivity contribution in [3.05, 3.63) is 70.4 Å². The third-order valence-corrected chi connectivity index (χ3v) is 5.15. The highest BCUT2D eigenvalue weighted by Gasteiger charge is 2.44. The molecule has 2 aromatic carbocycles. The minimum atomic E-state index is -0.244. The average Bonchev–Trinajstić information content (AvgIpc) is 3.14. The third kappa shape index (κ3) is 2.53. The van der Waals surface area contributed by atoms with Gasteiger partial charge in [0.2, 0.25) is 0 Å². The zero-order chi connectivity index (χ0) is 18.4. The normalized spacial score (nSPS) is 16.9. The largest absolute Gasteiger partial charge is 0.336 e. The molecule has 0 fully saturated rings. The van der Waals surface area contributed by atoms with Gasteiger partial charge in [0.15, 0.2) is 0 Å². The molecule has 5 heteroatoms. The molecule has 4 rings (SSSR count). The molecule has 2 aliphatic rings. The first-order valence-electron chi connectivity index (χ1n) is 8.72. The van der Waals surface area contributed by atoms with Crippen LogP contribution in [-0.2, 0) is 16.0 Å². The van der Waals surface area contributed by atoms with E-state index in [0.717, 1.165) is 17.7 Å². The van der Waals surface area contributed by atoms with E-state index in [-0.39, 0.29) is 17.9 Å². The Morgan fingerprint density at radius 2 is 1.65 bits per heavy atom. The van der Waals surface area contributed by atoms with Gasteiger partial charge in [0.1, 0.15) is 5.70 Å². The van der Waals surface area contributed by atoms with E-state index >= 15 is 0 Å². The summed E-state index contributed by atoms with van der Waals surface area (Å²) >= 11 is 6.00. The molecule has 0 radical (unpaired) electrons. The Balaban J connectivity index is 1.90. The minimum Gasteiger partial charge on any atom is -0.336 e. The van der Waals surface area contributed by atoms with Crippen molar-refractivity contribution in [1.82, 2.24) is 4.90 Å². The molecule has 26 heavy (non-hydrogen) atoms. The number of hydrogen-bond donors (Lipinski definition) is 0. The first-order valence-corrected chi connectivity index (χ1v) is 9.10. The highest BCUT2D eigenvalue weighted by Crippen LogP contribution is 2.39. The lowest BCUT2D eigenvalue weighted by atomic mass is 10.0. The van der Waals surface area contributed by atoms with Crippen LogP contribution in [0.1, 0.15) is 25.0 Å². The number of carbonyl (C=O) groups is 2. The van der Waals surface area contributed by atoms with Crippen molar-refractivity contribution >= 4 is 34.7 Å². The van der Waals surface area contributed by atoms with Gasteiger partial charge in [0.25, 0.3) is 11.8 Å². The van der Waals surface area contributed by atoms with Gasteiger partial charge in [-0.05, 0) is 49.6 Å². The SMILES string of the molecule is CC(C)N1C(=O)C(c2ccc(Cl)cc2)=C(N2CCc3ccccc32)C1=O. The number of benzene rings is 2. The fourth-order valence-corrected chi connectivity index (χ4v) is 3.83. The summed E-state index contributed by atoms with van der Waals surface area (Å²) in [5, 5.41) is 0.597. The van der Waals surface area contributed by atoms with E-state index in [9.17, 15) is 9.59 Å². The Labute approximate surface area is 157 Å². The fraction of sp³-hybridized carbons (Fsp3) is 0.238. The smallest absolute Gasteiger partial charge is 0.278 e. The van der Waals surface area contributed by atoms with Gasteiger partial charge >= 0.3 is 0 Å². The molecule has 2 aromatic rings. The topological polar surface area (TPSA) is 40.6 Å². The second-order valence-electron chi connectivity index (χ2n) is 6.83. The van der Waals surface area contributed by atoms with E-state index < -0.39 is 0 Å². The Kier molecular flexibility index (Phi) is 4.08. The second kappa shape index (κ2) is 6.29. The van der Waals surface area contributed by atoms with Crippen LogP contribution in [0.25, 0.3) is 5.57 Å². The second-order valence-corrected chi connectivity index (χ2v) is 7.27. The number of halogens is 1. The van der Waals surface area contributed by atoms with Crippen molar-refractivity contribution in [2.24, 2.45) is 0 Å². The molecule has 0 unspecified atom stereocenters. The Morgan fingerprint density at radius 1 is 0.962 bits per heavy atom. The zero-order valence-corrected chi connectivity index (χ0v) is 15.5. The van der Waals surface area contributed by atoms with E-state index in [1.807, 2.05) is 36.9 Å². The van der Waals surface area contributed by atoms with Crippen LogP contribution in [0.4, 0.5) is 5.69 Å². The van der Waals surface area contributed by atoms with Gasteiger partial charge in [-0.25, -0.2) is 0 Å². The summed E-state index contributed by atoms with van der Waals surface area (Å²) < 4.78 is 0. The molecule has 2 heterocycles. The maximum atomic E-state index is 13.2. The summed E-state index contributed by atoms with van der Waals surface area (Å²) in [6, 6.07) is 14.9. The van der Waals surface area contributed by atoms with Gasteiger partial charge in [0.05, 0.1) is 5.57 Å². The molecule has 2 amide bonds. The van der Waals surface area contributed by atoms with Gasteiger partial charge < -0.3 is 4.90 Å². The number of para-hydroxylation sites is 1. The van der Waals surface area contributed by atoms with Gasteiger partial charge in [-0.2, -0.15) is 0 Å². The molecule has 0 N–H and O–H groups in total. The molecule has 0 aromatic heterocycles. The molecule has 0 aliphatic carbocycles. The monoisotopic (exact) mass is 366 g/mol. The quantitative estimate of drug-likeness (QED) is 0.774. The number of fused-ring (bicyclic) bond motifs is 1. The molecular weight excluding hydrogens is 348 g/mol. The number of nitrogens with zero attached hydrogens (tertiary/aromatic N) is 2. The average molecular weight is 367 g/mol. The molecule has 2 aliphatic heterocycles. The van der Waals surface area contributed by atoms with E-state index in [0.29, 0.717) is 22.8 Å². The number of hydrogen-bond acceptors (Lipinski definition) is 3. The van der Waals surface area contributed by atoms with Crippen LogP contribution < -0.4 is 4.90 Å². The van der Waals surface area contributed by atoms with E-state index in [1.165, 1.54) is 10.5 Å². The number of anilines is 1. The lowest BCUT2D eigenvalue weighted by Gasteiger charge is -2.23. The van der Waals surface area contributed by atoms with Crippen molar-refractivity contribution in [3.63, 3.8) is 0 Å². The van der Waals surface area contributed by atoms with Crippen LogP contribution in [0.15, 0.2) is 54.2 Å². The molecule has 4 nitrogen and oxygen atoms in total. The van der Waals surface area contributed by atoms with Crippen molar-refractivity contribution < 1.29 is 9.59 Å². The molecule has 0 spiro atoms. The Morgan fingerprint density at radius 3 is 2.35 bits per heavy atom. The van der Waals surface area contributed by atoms with Crippen LogP contribution in [0.2, 0.25) is 5.02 Å². The van der Waals surface area contributed by atoms with Crippen molar-refractivity contribution in [3.8, 4) is 0 Å². The summed E-state index contributed by atoms with van der Waals surface area (Å²) in [6.07, 6.45) is 0.858. The van der Waals surface area contributed by atoms with E-state index in [4.69, 9.17) is 11.6 Å². The van der Waals surface area contributed by atoms with Crippen molar-refractivity contribution in [2.75, 3.05) is 11.4 Å². The molecule has 0 saturated heterocycles. The molecule has 0 atom stereocenters. The lowest BCUT2D eigenvalue weighted by Crippen LogP contribution is -2.39. The van der Waals surface area contributed by atoms with Crippen molar-refractivity contribution in [1.29, 1.82) is 0 Å². The Hall–Kier alpha value is -2.59. The summed E-state index contributed by atoms with van der Waals surface area (Å²) in [6.45, 7) is 4.41. The first kappa shape index (κ1) is 16.9. The number of carbonyl (C=O) groups excluding carboxylic acids is 2. The molecule has 0 bridgehead atoms. The Bertz CT molecular complexity index is 931. The van der Waals surface area contributed by atoms with Crippen LogP contribution in [-0.4, -0.2) is 29.3 Å².